The van der Waals surface area contributed by atoms with E-state index in [-0.39, 0.29) is 18.3 Å². The first-order chi connectivity index (χ1) is 11.9. The summed E-state index contributed by atoms with van der Waals surface area (Å²) in [5.41, 5.74) is 5.15. The lowest BCUT2D eigenvalue weighted by Crippen LogP contribution is -2.15. The number of rotatable bonds is 4. The highest BCUT2D eigenvalue weighted by Gasteiger charge is 2.20. The molecule has 5 nitrogen and oxygen atoms in total. The first kappa shape index (κ1) is 17.4. The quantitative estimate of drug-likeness (QED) is 0.657. The van der Waals surface area contributed by atoms with Gasteiger partial charge in [-0.3, -0.25) is 4.79 Å². The monoisotopic (exact) mass is 357 g/mol. The van der Waals surface area contributed by atoms with E-state index in [4.69, 9.17) is 21.4 Å². The van der Waals surface area contributed by atoms with Crippen molar-refractivity contribution in [1.82, 2.24) is 14.6 Å². The molecule has 1 aromatic carbocycles. The van der Waals surface area contributed by atoms with Crippen LogP contribution < -0.4 is 0 Å². The van der Waals surface area contributed by atoms with E-state index >= 15 is 0 Å². The summed E-state index contributed by atoms with van der Waals surface area (Å²) < 4.78 is 6.66. The Balaban J connectivity index is 2.22. The molecule has 0 saturated heterocycles. The molecule has 2 aromatic heterocycles. The standard InChI is InChI=1S/C19H20ClN3O2/c1-11(2)19-15(9-18(24)25-4)12(3)21-17-10-16(22-23(17)19)13-6-5-7-14(20)8-13/h5-8,10-11H,9H2,1-4H3. The minimum absolute atomic E-state index is 0.177. The van der Waals surface area contributed by atoms with E-state index in [0.717, 1.165) is 33.9 Å². The molecule has 0 aliphatic heterocycles. The van der Waals surface area contributed by atoms with Gasteiger partial charge in [0.15, 0.2) is 5.65 Å². The van der Waals surface area contributed by atoms with Gasteiger partial charge in [0.05, 0.1) is 24.9 Å². The Morgan fingerprint density at radius 1 is 1.32 bits per heavy atom. The lowest BCUT2D eigenvalue weighted by molar-refractivity contribution is -0.139. The molecule has 0 aliphatic carbocycles. The van der Waals surface area contributed by atoms with Gasteiger partial charge in [-0.2, -0.15) is 5.10 Å². The van der Waals surface area contributed by atoms with Gasteiger partial charge in [-0.15, -0.1) is 0 Å². The van der Waals surface area contributed by atoms with Gasteiger partial charge in [-0.05, 0) is 25.0 Å². The van der Waals surface area contributed by atoms with Crippen molar-refractivity contribution in [3.8, 4) is 11.3 Å². The molecule has 2 heterocycles. The van der Waals surface area contributed by atoms with Crippen molar-refractivity contribution in [2.75, 3.05) is 7.11 Å². The zero-order valence-corrected chi connectivity index (χ0v) is 15.5. The molecule has 0 saturated carbocycles. The summed E-state index contributed by atoms with van der Waals surface area (Å²) in [7, 11) is 1.39. The number of carbonyl (C=O) groups excluding carboxylic acids is 1. The van der Waals surface area contributed by atoms with Crippen molar-refractivity contribution >= 4 is 23.2 Å². The third-order valence-electron chi connectivity index (χ3n) is 4.16. The predicted molar refractivity (Wildman–Crippen MR) is 98.0 cm³/mol. The molecule has 0 N–H and O–H groups in total. The summed E-state index contributed by atoms with van der Waals surface area (Å²) in [5, 5.41) is 5.38. The van der Waals surface area contributed by atoms with Crippen LogP contribution in [0.5, 0.6) is 0 Å². The topological polar surface area (TPSA) is 56.5 Å². The van der Waals surface area contributed by atoms with Gasteiger partial charge in [0, 0.05) is 27.9 Å². The third-order valence-corrected chi connectivity index (χ3v) is 4.40. The largest absolute Gasteiger partial charge is 0.469 e. The van der Waals surface area contributed by atoms with Gasteiger partial charge >= 0.3 is 5.97 Å². The average Bonchev–Trinajstić information content (AvgIpc) is 2.98. The molecule has 0 amide bonds. The number of esters is 1. The van der Waals surface area contributed by atoms with Crippen LogP contribution in [0.15, 0.2) is 30.3 Å². The second kappa shape index (κ2) is 6.84. The lowest BCUT2D eigenvalue weighted by atomic mass is 10.00. The van der Waals surface area contributed by atoms with E-state index in [0.29, 0.717) is 5.02 Å². The van der Waals surface area contributed by atoms with E-state index in [2.05, 4.69) is 18.8 Å². The molecule has 6 heteroatoms. The fourth-order valence-corrected chi connectivity index (χ4v) is 3.19. The normalized spacial score (nSPS) is 11.3. The fraction of sp³-hybridized carbons (Fsp3) is 0.316. The summed E-state index contributed by atoms with van der Waals surface area (Å²) >= 11 is 6.10. The van der Waals surface area contributed by atoms with Crippen molar-refractivity contribution in [1.29, 1.82) is 0 Å². The molecule has 0 bridgehead atoms. The summed E-state index contributed by atoms with van der Waals surface area (Å²) in [6.07, 6.45) is 0.186. The van der Waals surface area contributed by atoms with Crippen LogP contribution in [-0.2, 0) is 16.0 Å². The lowest BCUT2D eigenvalue weighted by Gasteiger charge is -2.16. The highest BCUT2D eigenvalue weighted by Crippen LogP contribution is 2.27. The van der Waals surface area contributed by atoms with E-state index in [1.54, 1.807) is 0 Å². The van der Waals surface area contributed by atoms with E-state index < -0.39 is 0 Å². The van der Waals surface area contributed by atoms with Crippen LogP contribution in [-0.4, -0.2) is 27.7 Å². The smallest absolute Gasteiger partial charge is 0.310 e. The van der Waals surface area contributed by atoms with Crippen LogP contribution in [0.2, 0.25) is 5.02 Å². The van der Waals surface area contributed by atoms with Crippen LogP contribution in [0.3, 0.4) is 0 Å². The van der Waals surface area contributed by atoms with Crippen LogP contribution in [0.25, 0.3) is 16.9 Å². The number of aromatic nitrogens is 3. The zero-order valence-electron chi connectivity index (χ0n) is 14.7. The predicted octanol–water partition coefficient (Wildman–Crippen LogP) is 4.20. The van der Waals surface area contributed by atoms with Crippen LogP contribution in [0.4, 0.5) is 0 Å². The average molecular weight is 358 g/mol. The highest BCUT2D eigenvalue weighted by atomic mass is 35.5. The second-order valence-electron chi connectivity index (χ2n) is 6.28. The molecule has 0 fully saturated rings. The van der Waals surface area contributed by atoms with Crippen molar-refractivity contribution in [3.05, 3.63) is 52.3 Å². The van der Waals surface area contributed by atoms with Gasteiger partial charge < -0.3 is 4.74 Å². The molecule has 25 heavy (non-hydrogen) atoms. The molecule has 0 aliphatic rings. The molecule has 0 radical (unpaired) electrons. The Morgan fingerprint density at radius 2 is 2.08 bits per heavy atom. The van der Waals surface area contributed by atoms with Crippen molar-refractivity contribution in [2.45, 2.75) is 33.1 Å². The first-order valence-electron chi connectivity index (χ1n) is 8.12. The first-order valence-corrected chi connectivity index (χ1v) is 8.50. The zero-order chi connectivity index (χ0) is 18.1. The Kier molecular flexibility index (Phi) is 4.77. The number of halogens is 1. The maximum Gasteiger partial charge on any atom is 0.310 e. The number of methoxy groups -OCH3 is 1. The Labute approximate surface area is 151 Å². The summed E-state index contributed by atoms with van der Waals surface area (Å²) in [6.45, 7) is 6.07. The fourth-order valence-electron chi connectivity index (χ4n) is 3.00. The molecule has 0 spiro atoms. The van der Waals surface area contributed by atoms with Crippen molar-refractivity contribution in [3.63, 3.8) is 0 Å². The number of nitrogens with zero attached hydrogens (tertiary/aromatic N) is 3. The molecule has 0 atom stereocenters. The molecular weight excluding hydrogens is 338 g/mol. The summed E-state index contributed by atoms with van der Waals surface area (Å²) in [6, 6.07) is 9.50. The summed E-state index contributed by atoms with van der Waals surface area (Å²) in [4.78, 5) is 16.4. The number of hydrogen-bond donors (Lipinski definition) is 0. The SMILES string of the molecule is COC(=O)Cc1c(C)nc2cc(-c3cccc(Cl)c3)nn2c1C(C)C. The van der Waals surface area contributed by atoms with E-state index in [1.165, 1.54) is 7.11 Å². The molecule has 0 unspecified atom stereocenters. The van der Waals surface area contributed by atoms with Crippen molar-refractivity contribution < 1.29 is 9.53 Å². The number of hydrogen-bond acceptors (Lipinski definition) is 4. The van der Waals surface area contributed by atoms with Gasteiger partial charge in [0.25, 0.3) is 0 Å². The van der Waals surface area contributed by atoms with Crippen LogP contribution in [0, 0.1) is 6.92 Å². The number of aryl methyl sites for hydroxylation is 1. The van der Waals surface area contributed by atoms with E-state index in [1.807, 2.05) is 41.8 Å². The maximum absolute atomic E-state index is 11.8. The van der Waals surface area contributed by atoms with Gasteiger partial charge in [-0.25, -0.2) is 9.50 Å². The highest BCUT2D eigenvalue weighted by molar-refractivity contribution is 6.30. The number of carbonyl (C=O) groups is 1. The van der Waals surface area contributed by atoms with Gasteiger partial charge in [0.2, 0.25) is 0 Å². The number of ether oxygens (including phenoxy) is 1. The number of benzene rings is 1. The van der Waals surface area contributed by atoms with Crippen LogP contribution in [0.1, 0.15) is 36.7 Å². The molecule has 130 valence electrons. The third kappa shape index (κ3) is 3.37. The van der Waals surface area contributed by atoms with Gasteiger partial charge in [-0.1, -0.05) is 37.6 Å². The minimum atomic E-state index is -0.284. The number of fused-ring (bicyclic) bond motifs is 1. The molecule has 3 rings (SSSR count). The second-order valence-corrected chi connectivity index (χ2v) is 6.71. The van der Waals surface area contributed by atoms with Crippen molar-refractivity contribution in [2.24, 2.45) is 0 Å². The Hall–Kier alpha value is -2.40. The van der Waals surface area contributed by atoms with E-state index in [9.17, 15) is 4.79 Å². The molecule has 3 aromatic rings. The maximum atomic E-state index is 11.8. The Morgan fingerprint density at radius 3 is 2.72 bits per heavy atom. The van der Waals surface area contributed by atoms with Crippen LogP contribution >= 0.6 is 11.6 Å². The minimum Gasteiger partial charge on any atom is -0.469 e. The molecular formula is C19H20ClN3O2. The summed E-state index contributed by atoms with van der Waals surface area (Å²) in [5.74, 6) is -0.107. The Bertz CT molecular complexity index is 947. The van der Waals surface area contributed by atoms with Gasteiger partial charge in [0.1, 0.15) is 0 Å².